The fourth-order valence-corrected chi connectivity index (χ4v) is 1.41. The molecule has 0 aliphatic heterocycles. The highest BCUT2D eigenvalue weighted by atomic mass is 32.1. The molecule has 3 N–H and O–H groups in total. The van der Waals surface area contributed by atoms with Crippen molar-refractivity contribution in [1.82, 2.24) is 0 Å². The maximum atomic E-state index is 12.1. The monoisotopic (exact) mass is 282 g/mol. The van der Waals surface area contributed by atoms with Crippen LogP contribution in [0.25, 0.3) is 0 Å². The first kappa shape index (κ1) is 15.2. The Kier molecular flexibility index (Phi) is 4.72. The lowest BCUT2D eigenvalue weighted by Gasteiger charge is -2.22. The molecule has 0 radical (unpaired) electrons. The van der Waals surface area contributed by atoms with Crippen molar-refractivity contribution in [2.75, 3.05) is 19.5 Å². The van der Waals surface area contributed by atoms with Gasteiger partial charge in [0.1, 0.15) is 0 Å². The van der Waals surface area contributed by atoms with E-state index in [1.54, 1.807) is 39.2 Å². The van der Waals surface area contributed by atoms with E-state index in [9.17, 15) is 4.79 Å². The first-order chi connectivity index (χ1) is 8.82. The van der Waals surface area contributed by atoms with Gasteiger partial charge in [0.05, 0.1) is 24.6 Å². The summed E-state index contributed by atoms with van der Waals surface area (Å²) < 4.78 is 10.3. The van der Waals surface area contributed by atoms with Gasteiger partial charge in [0.25, 0.3) is 0 Å². The number of nitrogens with two attached hydrogens (primary N) is 1. The van der Waals surface area contributed by atoms with Crippen molar-refractivity contribution in [3.63, 3.8) is 0 Å². The first-order valence-corrected chi connectivity index (χ1v) is 6.07. The van der Waals surface area contributed by atoms with E-state index >= 15 is 0 Å². The van der Waals surface area contributed by atoms with Gasteiger partial charge in [-0.05, 0) is 26.0 Å². The number of benzene rings is 1. The standard InChI is InChI=1S/C13H18N2O3S/c1-13(2,11(14)19)12(16)15-8-5-6-9(17-3)10(7-8)18-4/h5-7H,1-4H3,(H2,14,19)(H,15,16). The van der Waals surface area contributed by atoms with Gasteiger partial charge in [0, 0.05) is 11.8 Å². The molecule has 5 nitrogen and oxygen atoms in total. The molecule has 0 aliphatic rings. The van der Waals surface area contributed by atoms with E-state index in [-0.39, 0.29) is 10.9 Å². The third kappa shape index (κ3) is 3.35. The molecule has 6 heteroatoms. The molecule has 104 valence electrons. The van der Waals surface area contributed by atoms with Crippen molar-refractivity contribution < 1.29 is 14.3 Å². The molecule has 0 unspecified atom stereocenters. The number of methoxy groups -OCH3 is 2. The van der Waals surface area contributed by atoms with E-state index in [2.05, 4.69) is 5.32 Å². The van der Waals surface area contributed by atoms with Crippen LogP contribution in [0, 0.1) is 5.41 Å². The lowest BCUT2D eigenvalue weighted by atomic mass is 9.92. The predicted molar refractivity (Wildman–Crippen MR) is 78.7 cm³/mol. The predicted octanol–water partition coefficient (Wildman–Crippen LogP) is 1.95. The van der Waals surface area contributed by atoms with Crippen molar-refractivity contribution in [3.8, 4) is 11.5 Å². The van der Waals surface area contributed by atoms with Crippen LogP contribution in [-0.2, 0) is 4.79 Å². The average molecular weight is 282 g/mol. The number of thiocarbonyl (C=S) groups is 1. The van der Waals surface area contributed by atoms with E-state index in [0.29, 0.717) is 17.2 Å². The zero-order valence-electron chi connectivity index (χ0n) is 11.4. The van der Waals surface area contributed by atoms with Crippen molar-refractivity contribution in [2.45, 2.75) is 13.8 Å². The van der Waals surface area contributed by atoms with Crippen LogP contribution in [0.1, 0.15) is 13.8 Å². The van der Waals surface area contributed by atoms with Crippen LogP contribution in [0.4, 0.5) is 5.69 Å². The van der Waals surface area contributed by atoms with Crippen molar-refractivity contribution >= 4 is 28.8 Å². The van der Waals surface area contributed by atoms with Crippen LogP contribution >= 0.6 is 12.2 Å². The Labute approximate surface area is 118 Å². The SMILES string of the molecule is COc1ccc(NC(=O)C(C)(C)C(N)=S)cc1OC. The first-order valence-electron chi connectivity index (χ1n) is 5.66. The second kappa shape index (κ2) is 5.88. The number of nitrogens with one attached hydrogen (secondary N) is 1. The van der Waals surface area contributed by atoms with Gasteiger partial charge in [0.2, 0.25) is 5.91 Å². The molecule has 0 bridgehead atoms. The molecular formula is C13H18N2O3S. The molecule has 1 aromatic rings. The fourth-order valence-electron chi connectivity index (χ4n) is 1.31. The van der Waals surface area contributed by atoms with E-state index in [4.69, 9.17) is 27.4 Å². The Bertz CT molecular complexity index is 501. The summed E-state index contributed by atoms with van der Waals surface area (Å²) in [5.41, 5.74) is 5.23. The Balaban J connectivity index is 2.95. The average Bonchev–Trinajstić information content (AvgIpc) is 2.38. The van der Waals surface area contributed by atoms with Crippen molar-refractivity contribution in [2.24, 2.45) is 11.1 Å². The summed E-state index contributed by atoms with van der Waals surface area (Å²) in [4.78, 5) is 12.2. The molecule has 0 heterocycles. The molecule has 0 aromatic heterocycles. The minimum Gasteiger partial charge on any atom is -0.493 e. The molecule has 19 heavy (non-hydrogen) atoms. The normalized spacial score (nSPS) is 10.7. The van der Waals surface area contributed by atoms with Crippen LogP contribution in [-0.4, -0.2) is 25.1 Å². The molecule has 0 fully saturated rings. The van der Waals surface area contributed by atoms with Gasteiger partial charge >= 0.3 is 0 Å². The van der Waals surface area contributed by atoms with Gasteiger partial charge in [0.15, 0.2) is 11.5 Å². The van der Waals surface area contributed by atoms with Gasteiger partial charge in [-0.3, -0.25) is 4.79 Å². The van der Waals surface area contributed by atoms with Gasteiger partial charge in [-0.1, -0.05) is 12.2 Å². The molecule has 1 rings (SSSR count). The Morgan fingerprint density at radius 3 is 2.32 bits per heavy atom. The summed E-state index contributed by atoms with van der Waals surface area (Å²) in [6.07, 6.45) is 0. The van der Waals surface area contributed by atoms with Crippen LogP contribution in [0.3, 0.4) is 0 Å². The second-order valence-electron chi connectivity index (χ2n) is 4.51. The largest absolute Gasteiger partial charge is 0.493 e. The van der Waals surface area contributed by atoms with Crippen molar-refractivity contribution in [3.05, 3.63) is 18.2 Å². The maximum Gasteiger partial charge on any atom is 0.236 e. The zero-order valence-corrected chi connectivity index (χ0v) is 12.3. The number of hydrogen-bond donors (Lipinski definition) is 2. The number of ether oxygens (including phenoxy) is 2. The number of carbonyl (C=O) groups excluding carboxylic acids is 1. The van der Waals surface area contributed by atoms with E-state index < -0.39 is 5.41 Å². The van der Waals surface area contributed by atoms with E-state index in [1.807, 2.05) is 0 Å². The molecular weight excluding hydrogens is 264 g/mol. The Morgan fingerprint density at radius 1 is 1.26 bits per heavy atom. The summed E-state index contributed by atoms with van der Waals surface area (Å²) in [7, 11) is 3.08. The minimum atomic E-state index is -0.914. The van der Waals surface area contributed by atoms with Gasteiger partial charge in [-0.15, -0.1) is 0 Å². The van der Waals surface area contributed by atoms with Gasteiger partial charge < -0.3 is 20.5 Å². The number of amides is 1. The Hall–Kier alpha value is -1.82. The summed E-state index contributed by atoms with van der Waals surface area (Å²) in [6, 6.07) is 5.10. The summed E-state index contributed by atoms with van der Waals surface area (Å²) >= 11 is 4.88. The van der Waals surface area contributed by atoms with Crippen LogP contribution in [0.15, 0.2) is 18.2 Å². The molecule has 1 amide bonds. The third-order valence-corrected chi connectivity index (χ3v) is 3.34. The number of anilines is 1. The molecule has 0 spiro atoms. The highest BCUT2D eigenvalue weighted by Gasteiger charge is 2.31. The van der Waals surface area contributed by atoms with Crippen molar-refractivity contribution in [1.29, 1.82) is 0 Å². The summed E-state index contributed by atoms with van der Waals surface area (Å²) in [6.45, 7) is 3.34. The summed E-state index contributed by atoms with van der Waals surface area (Å²) in [5.74, 6) is 0.856. The maximum absolute atomic E-state index is 12.1. The van der Waals surface area contributed by atoms with Crippen LogP contribution in [0.2, 0.25) is 0 Å². The second-order valence-corrected chi connectivity index (χ2v) is 4.95. The van der Waals surface area contributed by atoms with Crippen LogP contribution < -0.4 is 20.5 Å². The van der Waals surface area contributed by atoms with Crippen LogP contribution in [0.5, 0.6) is 11.5 Å². The smallest absolute Gasteiger partial charge is 0.236 e. The number of hydrogen-bond acceptors (Lipinski definition) is 4. The molecule has 0 saturated carbocycles. The fraction of sp³-hybridized carbons (Fsp3) is 0.385. The minimum absolute atomic E-state index is 0.144. The van der Waals surface area contributed by atoms with E-state index in [0.717, 1.165) is 0 Å². The number of carbonyl (C=O) groups is 1. The quantitative estimate of drug-likeness (QED) is 0.808. The Morgan fingerprint density at radius 2 is 1.84 bits per heavy atom. The van der Waals surface area contributed by atoms with Gasteiger partial charge in [-0.2, -0.15) is 0 Å². The number of rotatable bonds is 5. The third-order valence-electron chi connectivity index (χ3n) is 2.83. The topological polar surface area (TPSA) is 73.6 Å². The highest BCUT2D eigenvalue weighted by Crippen LogP contribution is 2.30. The molecule has 0 aliphatic carbocycles. The lowest BCUT2D eigenvalue weighted by molar-refractivity contribution is -0.121. The molecule has 0 saturated heterocycles. The van der Waals surface area contributed by atoms with E-state index in [1.165, 1.54) is 7.11 Å². The molecule has 0 atom stereocenters. The lowest BCUT2D eigenvalue weighted by Crippen LogP contribution is -2.41. The molecule has 1 aromatic carbocycles. The zero-order chi connectivity index (χ0) is 14.6. The highest BCUT2D eigenvalue weighted by molar-refractivity contribution is 7.80. The van der Waals surface area contributed by atoms with Gasteiger partial charge in [-0.25, -0.2) is 0 Å². The summed E-state index contributed by atoms with van der Waals surface area (Å²) in [5, 5.41) is 2.75.